The van der Waals surface area contributed by atoms with Gasteiger partial charge >= 0.3 is 6.09 Å². The maximum absolute atomic E-state index is 13.1. The Bertz CT molecular complexity index is 1050. The van der Waals surface area contributed by atoms with Crippen molar-refractivity contribution in [2.24, 2.45) is 0 Å². The number of likely N-dealkylation sites (tertiary alicyclic amines) is 1. The number of carbonyl (C=O) groups excluding carboxylic acids is 4. The van der Waals surface area contributed by atoms with Crippen molar-refractivity contribution in [1.29, 1.82) is 0 Å². The number of amides is 4. The molecular formula is C24H29N3O6. The summed E-state index contributed by atoms with van der Waals surface area (Å²) in [5.74, 6) is -0.187. The van der Waals surface area contributed by atoms with Crippen LogP contribution in [0.5, 0.6) is 5.75 Å². The summed E-state index contributed by atoms with van der Waals surface area (Å²) >= 11 is 0. The van der Waals surface area contributed by atoms with Gasteiger partial charge in [0.25, 0.3) is 5.91 Å². The monoisotopic (exact) mass is 455 g/mol. The molecule has 9 heteroatoms. The topological polar surface area (TPSA) is 105 Å². The van der Waals surface area contributed by atoms with Crippen molar-refractivity contribution >= 4 is 23.8 Å². The Morgan fingerprint density at radius 3 is 2.58 bits per heavy atom. The van der Waals surface area contributed by atoms with Crippen molar-refractivity contribution in [2.75, 3.05) is 19.7 Å². The Morgan fingerprint density at radius 1 is 1.18 bits per heavy atom. The van der Waals surface area contributed by atoms with E-state index >= 15 is 0 Å². The first kappa shape index (κ1) is 21.7. The minimum absolute atomic E-state index is 0.200. The van der Waals surface area contributed by atoms with Crippen LogP contribution in [0.2, 0.25) is 0 Å². The summed E-state index contributed by atoms with van der Waals surface area (Å²) in [6.07, 6.45) is 1.77. The number of ether oxygens (including phenoxy) is 2. The van der Waals surface area contributed by atoms with Crippen molar-refractivity contribution in [3.63, 3.8) is 0 Å². The summed E-state index contributed by atoms with van der Waals surface area (Å²) in [7, 11) is 0. The molecule has 0 aliphatic carbocycles. The number of imide groups is 1. The van der Waals surface area contributed by atoms with E-state index in [1.165, 1.54) is 0 Å². The highest BCUT2D eigenvalue weighted by Crippen LogP contribution is 2.49. The first-order valence-corrected chi connectivity index (χ1v) is 11.5. The van der Waals surface area contributed by atoms with Crippen molar-refractivity contribution in [3.05, 3.63) is 28.8 Å². The summed E-state index contributed by atoms with van der Waals surface area (Å²) in [4.78, 5) is 52.7. The lowest BCUT2D eigenvalue weighted by atomic mass is 9.74. The average Bonchev–Trinajstić information content (AvgIpc) is 3.26. The van der Waals surface area contributed by atoms with Gasteiger partial charge < -0.3 is 19.3 Å². The molecule has 4 aliphatic rings. The van der Waals surface area contributed by atoms with Gasteiger partial charge in [0.2, 0.25) is 11.8 Å². The molecule has 5 rings (SSSR count). The molecule has 2 fully saturated rings. The van der Waals surface area contributed by atoms with Crippen LogP contribution in [-0.2, 0) is 26.3 Å². The molecule has 9 nitrogen and oxygen atoms in total. The first-order chi connectivity index (χ1) is 15.6. The zero-order valence-corrected chi connectivity index (χ0v) is 19.2. The standard InChI is InChI=1S/C24H29N3O6/c1-23(2,3)33-22(31)26-10-8-24(9-11-26)13-32-19-15-12-27(17-6-7-18(28)25-20(17)29)21(30)14(15)4-5-16(19)24/h4-5,17H,6-13H2,1-3H3,(H,25,28,29)/t17-/m0/s1. The molecule has 1 atom stereocenters. The molecule has 0 radical (unpaired) electrons. The number of hydrogen-bond acceptors (Lipinski definition) is 6. The molecule has 176 valence electrons. The Balaban J connectivity index is 1.34. The fourth-order valence-corrected chi connectivity index (χ4v) is 5.34. The van der Waals surface area contributed by atoms with Crippen LogP contribution in [0.25, 0.3) is 0 Å². The smallest absolute Gasteiger partial charge is 0.410 e. The zero-order valence-electron chi connectivity index (χ0n) is 19.2. The molecule has 1 aromatic rings. The Hall–Kier alpha value is -3.10. The molecule has 33 heavy (non-hydrogen) atoms. The number of nitrogens with one attached hydrogen (secondary N) is 1. The van der Waals surface area contributed by atoms with Crippen LogP contribution in [0.3, 0.4) is 0 Å². The lowest BCUT2D eigenvalue weighted by Gasteiger charge is -2.38. The number of fused-ring (bicyclic) bond motifs is 4. The fraction of sp³-hybridized carbons (Fsp3) is 0.583. The van der Waals surface area contributed by atoms with E-state index in [0.29, 0.717) is 38.2 Å². The van der Waals surface area contributed by atoms with Gasteiger partial charge in [0, 0.05) is 41.6 Å². The molecule has 0 aromatic heterocycles. The van der Waals surface area contributed by atoms with Crippen LogP contribution in [0, 0.1) is 0 Å². The largest absolute Gasteiger partial charge is 0.492 e. The SMILES string of the molecule is CC(C)(C)OC(=O)N1CCC2(CC1)COc1c2ccc2c1CN([C@H]1CCC(=O)NC1=O)C2=O. The maximum Gasteiger partial charge on any atom is 0.410 e. The maximum atomic E-state index is 13.1. The number of hydrogen-bond donors (Lipinski definition) is 1. The predicted octanol–water partition coefficient (Wildman–Crippen LogP) is 2.11. The second-order valence-corrected chi connectivity index (χ2v) is 10.4. The summed E-state index contributed by atoms with van der Waals surface area (Å²) in [6, 6.07) is 3.15. The lowest BCUT2D eigenvalue weighted by molar-refractivity contribution is -0.136. The first-order valence-electron chi connectivity index (χ1n) is 11.5. The molecule has 0 saturated carbocycles. The molecule has 4 heterocycles. The number of carbonyl (C=O) groups is 4. The van der Waals surface area contributed by atoms with Crippen LogP contribution in [0.4, 0.5) is 4.79 Å². The number of benzene rings is 1. The van der Waals surface area contributed by atoms with Gasteiger partial charge in [-0.15, -0.1) is 0 Å². The minimum atomic E-state index is -0.648. The molecule has 4 amide bonds. The van der Waals surface area contributed by atoms with Crippen molar-refractivity contribution in [2.45, 2.75) is 70.1 Å². The summed E-state index contributed by atoms with van der Waals surface area (Å²) in [5.41, 5.74) is 1.71. The van der Waals surface area contributed by atoms with Crippen LogP contribution in [0.15, 0.2) is 12.1 Å². The highest BCUT2D eigenvalue weighted by molar-refractivity contribution is 6.05. The van der Waals surface area contributed by atoms with Gasteiger partial charge in [0.15, 0.2) is 0 Å². The van der Waals surface area contributed by atoms with E-state index in [9.17, 15) is 19.2 Å². The highest BCUT2D eigenvalue weighted by Gasteiger charge is 2.48. The summed E-state index contributed by atoms with van der Waals surface area (Å²) in [6.45, 7) is 7.54. The van der Waals surface area contributed by atoms with E-state index < -0.39 is 17.6 Å². The molecule has 1 spiro atoms. The van der Waals surface area contributed by atoms with Crippen molar-refractivity contribution in [3.8, 4) is 5.75 Å². The van der Waals surface area contributed by atoms with Crippen molar-refractivity contribution in [1.82, 2.24) is 15.1 Å². The van der Waals surface area contributed by atoms with Gasteiger partial charge in [-0.2, -0.15) is 0 Å². The van der Waals surface area contributed by atoms with Crippen LogP contribution in [-0.4, -0.2) is 65.0 Å². The Labute approximate surface area is 192 Å². The molecular weight excluding hydrogens is 426 g/mol. The van der Waals surface area contributed by atoms with Gasteiger partial charge in [0.1, 0.15) is 17.4 Å². The van der Waals surface area contributed by atoms with Gasteiger partial charge in [0.05, 0.1) is 13.2 Å². The van der Waals surface area contributed by atoms with Gasteiger partial charge in [-0.25, -0.2) is 4.79 Å². The van der Waals surface area contributed by atoms with E-state index in [0.717, 1.165) is 29.7 Å². The third-order valence-corrected chi connectivity index (χ3v) is 7.10. The third kappa shape index (κ3) is 3.63. The average molecular weight is 456 g/mol. The fourth-order valence-electron chi connectivity index (χ4n) is 5.34. The van der Waals surface area contributed by atoms with E-state index in [-0.39, 0.29) is 29.7 Å². The minimum Gasteiger partial charge on any atom is -0.492 e. The number of nitrogens with zero attached hydrogens (tertiary/aromatic N) is 2. The van der Waals surface area contributed by atoms with E-state index in [2.05, 4.69) is 5.32 Å². The second-order valence-electron chi connectivity index (χ2n) is 10.4. The van der Waals surface area contributed by atoms with E-state index in [1.807, 2.05) is 32.9 Å². The van der Waals surface area contributed by atoms with Crippen LogP contribution < -0.4 is 10.1 Å². The Morgan fingerprint density at radius 2 is 1.91 bits per heavy atom. The summed E-state index contributed by atoms with van der Waals surface area (Å²) in [5, 5.41) is 2.33. The normalized spacial score (nSPS) is 23.8. The van der Waals surface area contributed by atoms with Crippen LogP contribution in [0.1, 0.15) is 67.9 Å². The van der Waals surface area contributed by atoms with Crippen LogP contribution >= 0.6 is 0 Å². The molecule has 1 N–H and O–H groups in total. The van der Waals surface area contributed by atoms with Gasteiger partial charge in [-0.1, -0.05) is 6.07 Å². The van der Waals surface area contributed by atoms with E-state index in [4.69, 9.17) is 9.47 Å². The Kier molecular flexibility index (Phi) is 4.91. The molecule has 1 aromatic carbocycles. The lowest BCUT2D eigenvalue weighted by Crippen LogP contribution is -2.52. The molecule has 0 bridgehead atoms. The van der Waals surface area contributed by atoms with Crippen molar-refractivity contribution < 1.29 is 28.7 Å². The predicted molar refractivity (Wildman–Crippen MR) is 117 cm³/mol. The quantitative estimate of drug-likeness (QED) is 0.651. The number of piperidine rings is 2. The number of rotatable bonds is 1. The third-order valence-electron chi connectivity index (χ3n) is 7.10. The highest BCUT2D eigenvalue weighted by atomic mass is 16.6. The zero-order chi connectivity index (χ0) is 23.5. The van der Waals surface area contributed by atoms with Gasteiger partial charge in [-0.3, -0.25) is 19.7 Å². The second kappa shape index (κ2) is 7.46. The van der Waals surface area contributed by atoms with Gasteiger partial charge in [-0.05, 0) is 46.1 Å². The molecule has 4 aliphatic heterocycles. The molecule has 2 saturated heterocycles. The summed E-state index contributed by atoms with van der Waals surface area (Å²) < 4.78 is 11.7. The van der Waals surface area contributed by atoms with E-state index in [1.54, 1.807) is 9.80 Å². The molecule has 0 unspecified atom stereocenters.